The normalized spacial score (nSPS) is 14.4. The lowest BCUT2D eigenvalue weighted by Crippen LogP contribution is -2.29. The molecule has 1 fully saturated rings. The highest BCUT2D eigenvalue weighted by atomic mass is 32.2. The van der Waals surface area contributed by atoms with Gasteiger partial charge >= 0.3 is 0 Å². The average Bonchev–Trinajstić information content (AvgIpc) is 3.36. The van der Waals surface area contributed by atoms with E-state index in [0.29, 0.717) is 23.3 Å². The molecule has 2 aromatic heterocycles. The monoisotopic (exact) mass is 473 g/mol. The number of fused-ring (bicyclic) bond motifs is 1. The first-order valence-corrected chi connectivity index (χ1v) is 13.1. The molecule has 6 nitrogen and oxygen atoms in total. The predicted octanol–water partition coefficient (Wildman–Crippen LogP) is 4.97. The number of imidazole rings is 1. The van der Waals surface area contributed by atoms with Crippen molar-refractivity contribution in [2.75, 3.05) is 18.0 Å². The van der Waals surface area contributed by atoms with Gasteiger partial charge < -0.3 is 9.30 Å². The van der Waals surface area contributed by atoms with Crippen molar-refractivity contribution in [3.63, 3.8) is 0 Å². The third-order valence-electron chi connectivity index (χ3n) is 6.43. The van der Waals surface area contributed by atoms with Crippen LogP contribution in [0, 0.1) is 0 Å². The van der Waals surface area contributed by atoms with Gasteiger partial charge in [-0.2, -0.15) is 0 Å². The lowest BCUT2D eigenvalue weighted by molar-refractivity contribution is 0.0982. The molecule has 7 heteroatoms. The summed E-state index contributed by atoms with van der Waals surface area (Å²) in [7, 11) is -3.61. The summed E-state index contributed by atoms with van der Waals surface area (Å²) < 4.78 is 28.3. The zero-order valence-corrected chi connectivity index (χ0v) is 19.7. The fourth-order valence-corrected chi connectivity index (χ4v) is 5.76. The summed E-state index contributed by atoms with van der Waals surface area (Å²) in [6.45, 7) is 1.93. The van der Waals surface area contributed by atoms with Gasteiger partial charge in [-0.25, -0.2) is 13.4 Å². The molecule has 0 atom stereocenters. The molecule has 3 heterocycles. The van der Waals surface area contributed by atoms with Crippen LogP contribution in [-0.4, -0.2) is 36.7 Å². The van der Waals surface area contributed by atoms with Crippen molar-refractivity contribution in [2.45, 2.75) is 41.9 Å². The van der Waals surface area contributed by atoms with Gasteiger partial charge in [-0.05, 0) is 73.7 Å². The first kappa shape index (κ1) is 22.3. The van der Waals surface area contributed by atoms with E-state index in [1.54, 1.807) is 54.9 Å². The molecule has 0 aliphatic carbocycles. The van der Waals surface area contributed by atoms with E-state index in [-0.39, 0.29) is 10.7 Å². The van der Waals surface area contributed by atoms with Crippen LogP contribution >= 0.6 is 0 Å². The zero-order chi connectivity index (χ0) is 23.5. The van der Waals surface area contributed by atoms with Crippen LogP contribution in [0.15, 0.2) is 89.0 Å². The molecular formula is C27H27N3O3S. The Balaban J connectivity index is 1.27. The molecule has 0 N–H and O–H groups in total. The molecule has 1 aliphatic heterocycles. The largest absolute Gasteiger partial charge is 0.372 e. The first-order valence-electron chi connectivity index (χ1n) is 11.7. The van der Waals surface area contributed by atoms with Gasteiger partial charge in [0.05, 0.1) is 9.79 Å². The summed E-state index contributed by atoms with van der Waals surface area (Å²) in [6.07, 6.45) is 9.70. The number of ketones is 1. The van der Waals surface area contributed by atoms with Crippen LogP contribution in [0.1, 0.15) is 41.6 Å². The second kappa shape index (κ2) is 9.43. The number of aromatic nitrogens is 2. The van der Waals surface area contributed by atoms with E-state index >= 15 is 0 Å². The third kappa shape index (κ3) is 4.61. The molecule has 34 heavy (non-hydrogen) atoms. The Hall–Kier alpha value is -3.45. The number of aryl methyl sites for hydroxylation is 1. The average molecular weight is 474 g/mol. The summed E-state index contributed by atoms with van der Waals surface area (Å²) in [5.41, 5.74) is 3.33. The van der Waals surface area contributed by atoms with E-state index in [9.17, 15) is 13.2 Å². The molecule has 0 unspecified atom stereocenters. The maximum absolute atomic E-state index is 13.2. The highest BCUT2D eigenvalue weighted by molar-refractivity contribution is 7.91. The Labute approximate surface area is 199 Å². The number of anilines is 1. The quantitative estimate of drug-likeness (QED) is 0.354. The van der Waals surface area contributed by atoms with Gasteiger partial charge in [0, 0.05) is 49.4 Å². The van der Waals surface area contributed by atoms with Crippen molar-refractivity contribution in [3.05, 3.63) is 90.4 Å². The molecule has 5 rings (SSSR count). The highest BCUT2D eigenvalue weighted by Crippen LogP contribution is 2.27. The Bertz CT molecular complexity index is 1420. The standard InChI is InChI=1S/C27H27N3O3S/c31-26(22-10-14-27-28-15-18-30(27)20-22)13-9-21-7-11-24(12-8-21)34(32,33)25-6-4-5-23(19-25)29-16-2-1-3-17-29/h4-8,10-12,14-15,18-20H,1-3,9,13,16-17H2. The van der Waals surface area contributed by atoms with Crippen molar-refractivity contribution in [1.82, 2.24) is 9.38 Å². The first-order chi connectivity index (χ1) is 16.5. The minimum atomic E-state index is -3.61. The minimum Gasteiger partial charge on any atom is -0.372 e. The Morgan fingerprint density at radius 3 is 2.50 bits per heavy atom. The topological polar surface area (TPSA) is 71.8 Å². The summed E-state index contributed by atoms with van der Waals surface area (Å²) >= 11 is 0. The van der Waals surface area contributed by atoms with Gasteiger partial charge in [-0.1, -0.05) is 18.2 Å². The van der Waals surface area contributed by atoms with E-state index in [1.807, 2.05) is 28.8 Å². The van der Waals surface area contributed by atoms with E-state index in [0.717, 1.165) is 42.8 Å². The summed E-state index contributed by atoms with van der Waals surface area (Å²) in [4.78, 5) is 19.7. The molecule has 174 valence electrons. The molecule has 0 bridgehead atoms. The van der Waals surface area contributed by atoms with E-state index < -0.39 is 9.84 Å². The Morgan fingerprint density at radius 1 is 0.912 bits per heavy atom. The maximum atomic E-state index is 13.2. The van der Waals surface area contributed by atoms with Crippen LogP contribution in [0.4, 0.5) is 5.69 Å². The molecule has 0 spiro atoms. The summed E-state index contributed by atoms with van der Waals surface area (Å²) in [5, 5.41) is 0. The number of carbonyl (C=O) groups excluding carboxylic acids is 1. The number of rotatable bonds is 7. The second-order valence-corrected chi connectivity index (χ2v) is 10.7. The molecule has 0 radical (unpaired) electrons. The van der Waals surface area contributed by atoms with Gasteiger partial charge in [0.25, 0.3) is 0 Å². The van der Waals surface area contributed by atoms with Gasteiger partial charge in [-0.3, -0.25) is 4.79 Å². The van der Waals surface area contributed by atoms with Crippen molar-refractivity contribution in [1.29, 1.82) is 0 Å². The van der Waals surface area contributed by atoms with Crippen molar-refractivity contribution in [2.24, 2.45) is 0 Å². The van der Waals surface area contributed by atoms with Crippen molar-refractivity contribution < 1.29 is 13.2 Å². The molecule has 0 amide bonds. The van der Waals surface area contributed by atoms with Gasteiger partial charge in [-0.15, -0.1) is 0 Å². The Morgan fingerprint density at radius 2 is 1.71 bits per heavy atom. The minimum absolute atomic E-state index is 0.0434. The maximum Gasteiger partial charge on any atom is 0.206 e. The Kier molecular flexibility index (Phi) is 6.20. The second-order valence-electron chi connectivity index (χ2n) is 8.73. The van der Waals surface area contributed by atoms with E-state index in [2.05, 4.69) is 9.88 Å². The van der Waals surface area contributed by atoms with E-state index in [4.69, 9.17) is 0 Å². The molecule has 1 saturated heterocycles. The number of benzene rings is 2. The summed E-state index contributed by atoms with van der Waals surface area (Å²) in [5.74, 6) is 0.0434. The summed E-state index contributed by atoms with van der Waals surface area (Å²) in [6, 6.07) is 17.7. The van der Waals surface area contributed by atoms with Gasteiger partial charge in [0.15, 0.2) is 5.78 Å². The smallest absolute Gasteiger partial charge is 0.206 e. The molecular weight excluding hydrogens is 446 g/mol. The van der Waals surface area contributed by atoms with Crippen LogP contribution in [0.3, 0.4) is 0 Å². The molecule has 0 saturated carbocycles. The van der Waals surface area contributed by atoms with Crippen molar-refractivity contribution in [3.8, 4) is 0 Å². The lowest BCUT2D eigenvalue weighted by Gasteiger charge is -2.29. The SMILES string of the molecule is O=C(CCc1ccc(S(=O)(=O)c2cccc(N3CCCCC3)c2)cc1)c1ccc2nccn2c1. The van der Waals surface area contributed by atoms with Crippen molar-refractivity contribution >= 4 is 27.0 Å². The van der Waals surface area contributed by atoms with Gasteiger partial charge in [0.2, 0.25) is 9.84 Å². The lowest BCUT2D eigenvalue weighted by atomic mass is 10.0. The number of sulfone groups is 1. The number of hydrogen-bond acceptors (Lipinski definition) is 5. The van der Waals surface area contributed by atoms with Gasteiger partial charge in [0.1, 0.15) is 5.65 Å². The molecule has 2 aromatic carbocycles. The number of nitrogens with zero attached hydrogens (tertiary/aromatic N) is 3. The molecule has 1 aliphatic rings. The number of hydrogen-bond donors (Lipinski definition) is 0. The number of piperidine rings is 1. The number of carbonyl (C=O) groups is 1. The zero-order valence-electron chi connectivity index (χ0n) is 18.9. The number of Topliss-reactive ketones (excluding diaryl/α,β-unsaturated/α-hetero) is 1. The van der Waals surface area contributed by atoms with Crippen LogP contribution in [-0.2, 0) is 16.3 Å². The van der Waals surface area contributed by atoms with Crippen LogP contribution < -0.4 is 4.90 Å². The fraction of sp³-hybridized carbons (Fsp3) is 0.259. The van der Waals surface area contributed by atoms with Crippen LogP contribution in [0.2, 0.25) is 0 Å². The number of pyridine rings is 1. The fourth-order valence-electron chi connectivity index (χ4n) is 4.46. The van der Waals surface area contributed by atoms with Crippen LogP contribution in [0.25, 0.3) is 5.65 Å². The predicted molar refractivity (Wildman–Crippen MR) is 132 cm³/mol. The molecule has 4 aromatic rings. The van der Waals surface area contributed by atoms with E-state index in [1.165, 1.54) is 6.42 Å². The third-order valence-corrected chi connectivity index (χ3v) is 8.20. The highest BCUT2D eigenvalue weighted by Gasteiger charge is 2.20. The van der Waals surface area contributed by atoms with Crippen LogP contribution in [0.5, 0.6) is 0 Å².